The number of benzene rings is 2. The number of halogens is 2. The molecule has 0 saturated carbocycles. The summed E-state index contributed by atoms with van der Waals surface area (Å²) in [6, 6.07) is 13.5. The van der Waals surface area contributed by atoms with E-state index in [1.54, 1.807) is 55.6 Å². The fourth-order valence-corrected chi connectivity index (χ4v) is 2.63. The normalized spacial score (nSPS) is 10.6. The third kappa shape index (κ3) is 3.84. The van der Waals surface area contributed by atoms with Gasteiger partial charge in [-0.15, -0.1) is 0 Å². The molecule has 0 radical (unpaired) electrons. The fourth-order valence-electron chi connectivity index (χ4n) is 2.34. The summed E-state index contributed by atoms with van der Waals surface area (Å²) in [6.45, 7) is 1.97. The molecular formula is C19H16Cl2N2O3. The Kier molecular flexibility index (Phi) is 5.49. The molecule has 0 fully saturated rings. The second-order valence-corrected chi connectivity index (χ2v) is 6.27. The molecule has 0 aliphatic rings. The zero-order valence-electron chi connectivity index (χ0n) is 14.2. The lowest BCUT2D eigenvalue weighted by atomic mass is 10.2. The predicted molar refractivity (Wildman–Crippen MR) is 101 cm³/mol. The Labute approximate surface area is 161 Å². The minimum absolute atomic E-state index is 0.307. The van der Waals surface area contributed by atoms with E-state index in [-0.39, 0.29) is 0 Å². The minimum atomic E-state index is -0.489. The molecule has 5 nitrogen and oxygen atoms in total. The molecule has 0 aliphatic heterocycles. The number of carbonyl (C=O) groups excluding carboxylic acids is 1. The highest BCUT2D eigenvalue weighted by molar-refractivity contribution is 6.42. The lowest BCUT2D eigenvalue weighted by molar-refractivity contribution is 0.0723. The highest BCUT2D eigenvalue weighted by Gasteiger charge is 2.16. The van der Waals surface area contributed by atoms with Crippen LogP contribution in [-0.4, -0.2) is 22.9 Å². The van der Waals surface area contributed by atoms with Crippen molar-refractivity contribution in [2.24, 2.45) is 0 Å². The first-order valence-corrected chi connectivity index (χ1v) is 8.68. The minimum Gasteiger partial charge on any atom is -0.497 e. The van der Waals surface area contributed by atoms with Gasteiger partial charge in [-0.3, -0.25) is 0 Å². The van der Waals surface area contributed by atoms with Crippen LogP contribution in [0.5, 0.6) is 11.6 Å². The average molecular weight is 391 g/mol. The van der Waals surface area contributed by atoms with Crippen LogP contribution < -0.4 is 9.47 Å². The number of carbonyl (C=O) groups is 1. The maximum absolute atomic E-state index is 12.5. The first-order chi connectivity index (χ1) is 12.5. The Morgan fingerprint density at radius 3 is 2.42 bits per heavy atom. The lowest BCUT2D eigenvalue weighted by Crippen LogP contribution is -2.11. The monoisotopic (exact) mass is 390 g/mol. The summed E-state index contributed by atoms with van der Waals surface area (Å²) < 4.78 is 12.2. The van der Waals surface area contributed by atoms with Crippen molar-refractivity contribution in [3.05, 3.63) is 69.8 Å². The molecule has 0 saturated heterocycles. The van der Waals surface area contributed by atoms with Gasteiger partial charge >= 0.3 is 5.97 Å². The zero-order valence-corrected chi connectivity index (χ0v) is 15.7. The molecular weight excluding hydrogens is 375 g/mol. The number of aryl methyl sites for hydroxylation is 1. The summed E-state index contributed by atoms with van der Waals surface area (Å²) in [4.78, 5) is 12.5. The average Bonchev–Trinajstić information content (AvgIpc) is 3.07. The van der Waals surface area contributed by atoms with E-state index in [1.807, 2.05) is 6.92 Å². The van der Waals surface area contributed by atoms with Crippen molar-refractivity contribution in [3.63, 3.8) is 0 Å². The largest absolute Gasteiger partial charge is 0.497 e. The van der Waals surface area contributed by atoms with Crippen LogP contribution in [0.2, 0.25) is 10.0 Å². The zero-order chi connectivity index (χ0) is 18.7. The van der Waals surface area contributed by atoms with Crippen molar-refractivity contribution in [3.8, 4) is 17.3 Å². The van der Waals surface area contributed by atoms with Crippen molar-refractivity contribution in [2.45, 2.75) is 13.3 Å². The van der Waals surface area contributed by atoms with Crippen LogP contribution in [0.25, 0.3) is 5.69 Å². The number of hydrogen-bond donors (Lipinski definition) is 0. The van der Waals surface area contributed by atoms with E-state index < -0.39 is 5.97 Å². The Hall–Kier alpha value is -2.50. The molecule has 7 heteroatoms. The molecule has 26 heavy (non-hydrogen) atoms. The maximum Gasteiger partial charge on any atom is 0.344 e. The van der Waals surface area contributed by atoms with Gasteiger partial charge in [-0.2, -0.15) is 5.10 Å². The lowest BCUT2D eigenvalue weighted by Gasteiger charge is -2.09. The van der Waals surface area contributed by atoms with Crippen LogP contribution in [0.15, 0.2) is 48.5 Å². The molecule has 0 N–H and O–H groups in total. The van der Waals surface area contributed by atoms with Gasteiger partial charge in [-0.25, -0.2) is 9.48 Å². The van der Waals surface area contributed by atoms with Crippen molar-refractivity contribution in [1.82, 2.24) is 9.78 Å². The van der Waals surface area contributed by atoms with E-state index in [0.717, 1.165) is 5.69 Å². The molecule has 0 spiro atoms. The summed E-state index contributed by atoms with van der Waals surface area (Å²) in [5, 5.41) is 5.30. The Balaban J connectivity index is 1.92. The molecule has 1 aromatic heterocycles. The van der Waals surface area contributed by atoms with Crippen LogP contribution in [-0.2, 0) is 6.42 Å². The summed E-state index contributed by atoms with van der Waals surface area (Å²) in [5.41, 5.74) is 1.84. The van der Waals surface area contributed by atoms with Gasteiger partial charge in [0.15, 0.2) is 0 Å². The SMILES string of the molecule is CCc1cc(OC(=O)c2ccc(OC)cc2)n(-c2ccc(Cl)c(Cl)c2)n1. The molecule has 3 rings (SSSR count). The Morgan fingerprint density at radius 2 is 1.81 bits per heavy atom. The molecule has 0 bridgehead atoms. The van der Waals surface area contributed by atoms with E-state index in [0.29, 0.717) is 39.3 Å². The van der Waals surface area contributed by atoms with Gasteiger partial charge in [-0.05, 0) is 48.9 Å². The van der Waals surface area contributed by atoms with Gasteiger partial charge in [0.1, 0.15) is 5.75 Å². The van der Waals surface area contributed by atoms with Crippen LogP contribution in [0.3, 0.4) is 0 Å². The number of hydrogen-bond acceptors (Lipinski definition) is 4. The fraction of sp³-hybridized carbons (Fsp3) is 0.158. The Morgan fingerprint density at radius 1 is 1.08 bits per heavy atom. The number of nitrogens with zero attached hydrogens (tertiary/aromatic N) is 2. The number of aromatic nitrogens is 2. The molecule has 1 heterocycles. The third-order valence-electron chi connectivity index (χ3n) is 3.76. The van der Waals surface area contributed by atoms with E-state index in [9.17, 15) is 4.79 Å². The van der Waals surface area contributed by atoms with Crippen LogP contribution in [0.4, 0.5) is 0 Å². The first-order valence-electron chi connectivity index (χ1n) is 7.92. The molecule has 0 atom stereocenters. The van der Waals surface area contributed by atoms with E-state index >= 15 is 0 Å². The van der Waals surface area contributed by atoms with Crippen LogP contribution in [0, 0.1) is 0 Å². The predicted octanol–water partition coefficient (Wildman–Crippen LogP) is 4.97. The Bertz CT molecular complexity index is 936. The number of methoxy groups -OCH3 is 1. The topological polar surface area (TPSA) is 53.4 Å². The van der Waals surface area contributed by atoms with Crippen molar-refractivity contribution in [1.29, 1.82) is 0 Å². The second-order valence-electron chi connectivity index (χ2n) is 5.46. The van der Waals surface area contributed by atoms with E-state index in [2.05, 4.69) is 5.10 Å². The van der Waals surface area contributed by atoms with Crippen molar-refractivity contribution < 1.29 is 14.3 Å². The molecule has 3 aromatic rings. The summed E-state index contributed by atoms with van der Waals surface area (Å²) in [5.74, 6) is 0.480. The summed E-state index contributed by atoms with van der Waals surface area (Å²) >= 11 is 12.1. The standard InChI is InChI=1S/C19H16Cl2N2O3/c1-3-13-10-18(23(22-13)14-6-9-16(20)17(21)11-14)26-19(24)12-4-7-15(25-2)8-5-12/h4-11H,3H2,1-2H3. The maximum atomic E-state index is 12.5. The molecule has 0 amide bonds. The van der Waals surface area contributed by atoms with Crippen LogP contribution in [0.1, 0.15) is 23.0 Å². The summed E-state index contributed by atoms with van der Waals surface area (Å²) in [6.07, 6.45) is 0.696. The molecule has 134 valence electrons. The first kappa shape index (κ1) is 18.3. The molecule has 0 unspecified atom stereocenters. The second kappa shape index (κ2) is 7.81. The molecule has 2 aromatic carbocycles. The van der Waals surface area contributed by atoms with Gasteiger partial charge in [0.25, 0.3) is 0 Å². The van der Waals surface area contributed by atoms with Crippen LogP contribution >= 0.6 is 23.2 Å². The summed E-state index contributed by atoms with van der Waals surface area (Å²) in [7, 11) is 1.56. The van der Waals surface area contributed by atoms with Crippen molar-refractivity contribution >= 4 is 29.2 Å². The van der Waals surface area contributed by atoms with Gasteiger partial charge < -0.3 is 9.47 Å². The van der Waals surface area contributed by atoms with Gasteiger partial charge in [0.05, 0.1) is 34.1 Å². The van der Waals surface area contributed by atoms with E-state index in [1.165, 1.54) is 4.68 Å². The molecule has 0 aliphatic carbocycles. The van der Waals surface area contributed by atoms with Crippen molar-refractivity contribution in [2.75, 3.05) is 7.11 Å². The van der Waals surface area contributed by atoms with Gasteiger partial charge in [0, 0.05) is 6.07 Å². The number of esters is 1. The quantitative estimate of drug-likeness (QED) is 0.577. The number of ether oxygens (including phenoxy) is 2. The third-order valence-corrected chi connectivity index (χ3v) is 4.50. The highest BCUT2D eigenvalue weighted by atomic mass is 35.5. The number of rotatable bonds is 5. The van der Waals surface area contributed by atoms with Gasteiger partial charge in [0.2, 0.25) is 5.88 Å². The van der Waals surface area contributed by atoms with E-state index in [4.69, 9.17) is 32.7 Å². The highest BCUT2D eigenvalue weighted by Crippen LogP contribution is 2.27. The van der Waals surface area contributed by atoms with Gasteiger partial charge in [-0.1, -0.05) is 30.1 Å². The smallest absolute Gasteiger partial charge is 0.344 e.